The summed E-state index contributed by atoms with van der Waals surface area (Å²) in [4.78, 5) is 26.9. The van der Waals surface area contributed by atoms with Gasteiger partial charge in [0.05, 0.1) is 16.3 Å². The summed E-state index contributed by atoms with van der Waals surface area (Å²) >= 11 is 5.79. The van der Waals surface area contributed by atoms with E-state index in [2.05, 4.69) is 4.72 Å². The summed E-state index contributed by atoms with van der Waals surface area (Å²) in [6.07, 6.45) is 0.581. The van der Waals surface area contributed by atoms with Crippen LogP contribution in [0.2, 0.25) is 5.02 Å². The highest BCUT2D eigenvalue weighted by atomic mass is 35.5. The van der Waals surface area contributed by atoms with Gasteiger partial charge < -0.3 is 10.0 Å². The van der Waals surface area contributed by atoms with Gasteiger partial charge in [0.1, 0.15) is 11.6 Å². The number of aromatic hydroxyl groups is 1. The summed E-state index contributed by atoms with van der Waals surface area (Å²) in [5.41, 5.74) is -0.284. The fourth-order valence-electron chi connectivity index (χ4n) is 3.42. The van der Waals surface area contributed by atoms with Crippen LogP contribution in [0.5, 0.6) is 5.75 Å². The first-order valence-corrected chi connectivity index (χ1v) is 11.3. The molecule has 0 bridgehead atoms. The lowest BCUT2D eigenvalue weighted by molar-refractivity contribution is 0.0722. The number of anilines is 1. The van der Waals surface area contributed by atoms with Crippen LogP contribution in [0.3, 0.4) is 0 Å². The Morgan fingerprint density at radius 2 is 2.00 bits per heavy atom. The maximum Gasteiger partial charge on any atom is 0.294 e. The molecular weight excluding hydrogens is 437 g/mol. The summed E-state index contributed by atoms with van der Waals surface area (Å²) in [5, 5.41) is 10.3. The molecule has 1 aliphatic rings. The number of nitrogens with one attached hydrogen (secondary N) is 1. The Balaban J connectivity index is 2.02. The highest BCUT2D eigenvalue weighted by molar-refractivity contribution is 7.92. The SMILES string of the molecule is CCCS(=O)(=O)Nc1c2c(c(O)c(=O)n1C)C(=O)N(Cc1ccc(F)c(Cl)c1)CC2. The summed E-state index contributed by atoms with van der Waals surface area (Å²) in [6, 6.07) is 4.07. The fraction of sp³-hybridized carbons (Fsp3) is 0.368. The van der Waals surface area contributed by atoms with Crippen LogP contribution >= 0.6 is 11.6 Å². The lowest BCUT2D eigenvalue weighted by atomic mass is 9.98. The number of aromatic nitrogens is 1. The zero-order chi connectivity index (χ0) is 22.2. The van der Waals surface area contributed by atoms with Crippen molar-refractivity contribution in [3.8, 4) is 5.75 Å². The van der Waals surface area contributed by atoms with Crippen LogP contribution in [-0.4, -0.2) is 41.2 Å². The Morgan fingerprint density at radius 3 is 2.63 bits per heavy atom. The third-order valence-electron chi connectivity index (χ3n) is 4.88. The van der Waals surface area contributed by atoms with Gasteiger partial charge in [-0.1, -0.05) is 24.6 Å². The number of pyridine rings is 1. The molecule has 0 saturated carbocycles. The molecular formula is C19H21ClFN3O5S. The number of halogens is 2. The third kappa shape index (κ3) is 4.15. The molecule has 2 heterocycles. The number of fused-ring (bicyclic) bond motifs is 1. The number of hydrogen-bond acceptors (Lipinski definition) is 5. The maximum atomic E-state index is 13.4. The van der Waals surface area contributed by atoms with Gasteiger partial charge in [0.2, 0.25) is 10.0 Å². The molecule has 0 spiro atoms. The predicted molar refractivity (Wildman–Crippen MR) is 111 cm³/mol. The predicted octanol–water partition coefficient (Wildman–Crippen LogP) is 2.23. The van der Waals surface area contributed by atoms with Crippen molar-refractivity contribution in [1.82, 2.24) is 9.47 Å². The number of hydrogen-bond donors (Lipinski definition) is 2. The van der Waals surface area contributed by atoms with Crippen molar-refractivity contribution >= 4 is 33.3 Å². The van der Waals surface area contributed by atoms with Gasteiger partial charge >= 0.3 is 0 Å². The van der Waals surface area contributed by atoms with Gasteiger partial charge in [-0.05, 0) is 30.5 Å². The molecule has 0 atom stereocenters. The van der Waals surface area contributed by atoms with E-state index in [4.69, 9.17) is 11.6 Å². The number of rotatable bonds is 6. The molecule has 0 saturated heterocycles. The van der Waals surface area contributed by atoms with Crippen LogP contribution in [-0.2, 0) is 30.0 Å². The van der Waals surface area contributed by atoms with E-state index < -0.39 is 33.1 Å². The first-order chi connectivity index (χ1) is 14.1. The van der Waals surface area contributed by atoms with E-state index in [1.807, 2.05) is 0 Å². The molecule has 8 nitrogen and oxygen atoms in total. The maximum absolute atomic E-state index is 13.4. The van der Waals surface area contributed by atoms with Crippen molar-refractivity contribution in [2.24, 2.45) is 7.05 Å². The Hall–Kier alpha value is -2.59. The van der Waals surface area contributed by atoms with E-state index in [9.17, 15) is 27.5 Å². The van der Waals surface area contributed by atoms with Gasteiger partial charge in [-0.25, -0.2) is 12.8 Å². The second-order valence-corrected chi connectivity index (χ2v) is 9.31. The van der Waals surface area contributed by atoms with Gasteiger partial charge in [-0.3, -0.25) is 18.9 Å². The van der Waals surface area contributed by atoms with E-state index >= 15 is 0 Å². The van der Waals surface area contributed by atoms with E-state index in [0.717, 1.165) is 4.57 Å². The molecule has 162 valence electrons. The first-order valence-electron chi connectivity index (χ1n) is 9.24. The number of carbonyl (C=O) groups excluding carboxylic acids is 1. The van der Waals surface area contributed by atoms with Gasteiger partial charge in [-0.2, -0.15) is 0 Å². The molecule has 0 fully saturated rings. The Kier molecular flexibility index (Phi) is 6.09. The minimum Gasteiger partial charge on any atom is -0.502 e. The lowest BCUT2D eigenvalue weighted by Gasteiger charge is -2.31. The smallest absolute Gasteiger partial charge is 0.294 e. The van der Waals surface area contributed by atoms with Crippen molar-refractivity contribution in [3.63, 3.8) is 0 Å². The van der Waals surface area contributed by atoms with E-state index in [1.54, 1.807) is 6.92 Å². The lowest BCUT2D eigenvalue weighted by Crippen LogP contribution is -2.40. The average Bonchev–Trinajstić information content (AvgIpc) is 2.68. The number of benzene rings is 1. The summed E-state index contributed by atoms with van der Waals surface area (Å²) in [6.45, 7) is 2.00. The number of carbonyl (C=O) groups is 1. The second kappa shape index (κ2) is 8.27. The van der Waals surface area contributed by atoms with Gasteiger partial charge in [0.25, 0.3) is 11.5 Å². The number of nitrogens with zero attached hydrogens (tertiary/aromatic N) is 2. The summed E-state index contributed by atoms with van der Waals surface area (Å²) < 4.78 is 41.3. The summed E-state index contributed by atoms with van der Waals surface area (Å²) in [7, 11) is -2.40. The molecule has 1 aliphatic heterocycles. The third-order valence-corrected chi connectivity index (χ3v) is 6.62. The molecule has 0 aliphatic carbocycles. The highest BCUT2D eigenvalue weighted by Gasteiger charge is 2.33. The molecule has 1 aromatic heterocycles. The summed E-state index contributed by atoms with van der Waals surface area (Å²) in [5.74, 6) is -2.12. The molecule has 2 N–H and O–H groups in total. The van der Waals surface area contributed by atoms with E-state index in [1.165, 1.54) is 30.1 Å². The molecule has 1 aromatic carbocycles. The van der Waals surface area contributed by atoms with Crippen LogP contribution < -0.4 is 10.3 Å². The van der Waals surface area contributed by atoms with Crippen molar-refractivity contribution in [1.29, 1.82) is 0 Å². The van der Waals surface area contributed by atoms with Crippen LogP contribution in [0.1, 0.15) is 34.8 Å². The zero-order valence-corrected chi connectivity index (χ0v) is 18.0. The van der Waals surface area contributed by atoms with Crippen molar-refractivity contribution in [2.45, 2.75) is 26.3 Å². The number of sulfonamides is 1. The standard InChI is InChI=1S/C19H21ClFN3O5S/c1-3-8-30(28,29)22-17-12-6-7-24(10-11-4-5-14(21)13(20)9-11)18(26)15(12)16(25)19(27)23(17)2/h4-5,9,22,25H,3,6-8,10H2,1-2H3. The monoisotopic (exact) mass is 457 g/mol. The zero-order valence-electron chi connectivity index (χ0n) is 16.4. The second-order valence-electron chi connectivity index (χ2n) is 7.06. The first kappa shape index (κ1) is 22.1. The van der Waals surface area contributed by atoms with E-state index in [0.29, 0.717) is 12.0 Å². The molecule has 0 unspecified atom stereocenters. The number of amides is 1. The Bertz CT molecular complexity index is 1180. The molecule has 1 amide bonds. The van der Waals surface area contributed by atoms with Crippen molar-refractivity contribution in [2.75, 3.05) is 17.0 Å². The topological polar surface area (TPSA) is 109 Å². The van der Waals surface area contributed by atoms with Gasteiger partial charge in [-0.15, -0.1) is 0 Å². The van der Waals surface area contributed by atoms with Crippen LogP contribution in [0.4, 0.5) is 10.2 Å². The van der Waals surface area contributed by atoms with Gasteiger partial charge in [0, 0.05) is 25.7 Å². The fourth-order valence-corrected chi connectivity index (χ4v) is 4.82. The Labute approximate surface area is 177 Å². The minimum absolute atomic E-state index is 0.0286. The van der Waals surface area contributed by atoms with Crippen LogP contribution in [0.25, 0.3) is 0 Å². The minimum atomic E-state index is -3.73. The van der Waals surface area contributed by atoms with Crippen LogP contribution in [0.15, 0.2) is 23.0 Å². The molecule has 3 rings (SSSR count). The van der Waals surface area contributed by atoms with E-state index in [-0.39, 0.29) is 47.2 Å². The van der Waals surface area contributed by atoms with Gasteiger partial charge in [0.15, 0.2) is 5.75 Å². The molecule has 2 aromatic rings. The Morgan fingerprint density at radius 1 is 1.30 bits per heavy atom. The van der Waals surface area contributed by atoms with Crippen molar-refractivity contribution < 1.29 is 22.7 Å². The van der Waals surface area contributed by atoms with Crippen LogP contribution in [0, 0.1) is 5.82 Å². The molecule has 0 radical (unpaired) electrons. The average molecular weight is 458 g/mol. The largest absolute Gasteiger partial charge is 0.502 e. The molecule has 30 heavy (non-hydrogen) atoms. The molecule has 11 heteroatoms. The normalized spacial score (nSPS) is 14.0. The quantitative estimate of drug-likeness (QED) is 0.691. The van der Waals surface area contributed by atoms with Crippen molar-refractivity contribution in [3.05, 3.63) is 56.1 Å². The highest BCUT2D eigenvalue weighted by Crippen LogP contribution is 2.31.